The Morgan fingerprint density at radius 2 is 1.79 bits per heavy atom. The summed E-state index contributed by atoms with van der Waals surface area (Å²) in [6, 6.07) is 21.7. The van der Waals surface area contributed by atoms with Crippen molar-refractivity contribution in [2.24, 2.45) is 4.99 Å². The number of esters is 1. The number of carbonyl (C=O) groups excluding carboxylic acids is 1. The SMILES string of the molecule is COC(=O)C1=C(C)N=c2sc(=Cc3ccc(OCc4ccc(Cl)cc4)c(OC)c3)c(=O)n2C1c1ccccc1. The number of aromatic nitrogens is 1. The monoisotopic (exact) mass is 560 g/mol. The van der Waals surface area contributed by atoms with E-state index in [1.165, 1.54) is 18.4 Å². The van der Waals surface area contributed by atoms with Crippen LogP contribution in [0.4, 0.5) is 0 Å². The summed E-state index contributed by atoms with van der Waals surface area (Å²) in [5.74, 6) is 0.600. The molecule has 198 valence electrons. The lowest BCUT2D eigenvalue weighted by Gasteiger charge is -2.24. The van der Waals surface area contributed by atoms with Crippen LogP contribution in [-0.4, -0.2) is 24.8 Å². The van der Waals surface area contributed by atoms with Gasteiger partial charge in [0.05, 0.1) is 36.1 Å². The highest BCUT2D eigenvalue weighted by atomic mass is 35.5. The molecule has 0 fully saturated rings. The molecule has 9 heteroatoms. The van der Waals surface area contributed by atoms with E-state index >= 15 is 0 Å². The topological polar surface area (TPSA) is 79.1 Å². The van der Waals surface area contributed by atoms with Gasteiger partial charge in [0.15, 0.2) is 16.3 Å². The van der Waals surface area contributed by atoms with Gasteiger partial charge in [0.25, 0.3) is 5.56 Å². The van der Waals surface area contributed by atoms with Crippen LogP contribution in [-0.2, 0) is 16.1 Å². The zero-order chi connectivity index (χ0) is 27.5. The first-order valence-corrected chi connectivity index (χ1v) is 13.3. The molecular weight excluding hydrogens is 536 g/mol. The molecule has 5 rings (SSSR count). The first kappa shape index (κ1) is 26.5. The minimum Gasteiger partial charge on any atom is -0.493 e. The third kappa shape index (κ3) is 5.39. The van der Waals surface area contributed by atoms with Crippen molar-refractivity contribution in [1.29, 1.82) is 0 Å². The Labute approximate surface area is 233 Å². The molecule has 1 aromatic heterocycles. The first-order chi connectivity index (χ1) is 18.9. The molecule has 0 aliphatic carbocycles. The van der Waals surface area contributed by atoms with E-state index in [0.29, 0.717) is 43.7 Å². The molecule has 1 atom stereocenters. The van der Waals surface area contributed by atoms with Gasteiger partial charge in [-0.2, -0.15) is 0 Å². The van der Waals surface area contributed by atoms with Crippen molar-refractivity contribution < 1.29 is 19.0 Å². The van der Waals surface area contributed by atoms with Crippen LogP contribution in [0.25, 0.3) is 6.08 Å². The fraction of sp³-hybridized carbons (Fsp3) is 0.167. The van der Waals surface area contributed by atoms with Crippen LogP contribution in [0.15, 0.2) is 93.9 Å². The van der Waals surface area contributed by atoms with Gasteiger partial charge >= 0.3 is 5.97 Å². The van der Waals surface area contributed by atoms with Crippen molar-refractivity contribution >= 4 is 35.0 Å². The fourth-order valence-corrected chi connectivity index (χ4v) is 5.60. The second-order valence-corrected chi connectivity index (χ2v) is 10.3. The number of halogens is 1. The molecule has 7 nitrogen and oxygen atoms in total. The number of carbonyl (C=O) groups is 1. The Bertz CT molecular complexity index is 1740. The quantitative estimate of drug-likeness (QED) is 0.307. The lowest BCUT2D eigenvalue weighted by molar-refractivity contribution is -0.136. The van der Waals surface area contributed by atoms with Crippen molar-refractivity contribution in [1.82, 2.24) is 4.57 Å². The molecule has 0 amide bonds. The Morgan fingerprint density at radius 3 is 2.49 bits per heavy atom. The Hall–Kier alpha value is -4.14. The maximum atomic E-state index is 13.7. The maximum absolute atomic E-state index is 13.7. The fourth-order valence-electron chi connectivity index (χ4n) is 4.43. The molecule has 0 saturated heterocycles. The summed E-state index contributed by atoms with van der Waals surface area (Å²) in [5, 5.41) is 0.665. The molecule has 3 aromatic carbocycles. The van der Waals surface area contributed by atoms with E-state index in [9.17, 15) is 9.59 Å². The molecular formula is C30H25ClN2O5S. The van der Waals surface area contributed by atoms with Gasteiger partial charge in [-0.25, -0.2) is 9.79 Å². The highest BCUT2D eigenvalue weighted by molar-refractivity contribution is 7.07. The summed E-state index contributed by atoms with van der Waals surface area (Å²) in [7, 11) is 2.89. The minimum absolute atomic E-state index is 0.247. The average molecular weight is 561 g/mol. The van der Waals surface area contributed by atoms with Gasteiger partial charge in [0.1, 0.15) is 6.61 Å². The molecule has 0 saturated carbocycles. The van der Waals surface area contributed by atoms with Crippen LogP contribution in [0.2, 0.25) is 5.02 Å². The molecule has 1 aliphatic heterocycles. The number of allylic oxidation sites excluding steroid dienone is 1. The number of fused-ring (bicyclic) bond motifs is 1. The summed E-state index contributed by atoms with van der Waals surface area (Å²) in [5.41, 5.74) is 3.14. The molecule has 0 N–H and O–H groups in total. The summed E-state index contributed by atoms with van der Waals surface area (Å²) in [6.07, 6.45) is 1.79. The number of rotatable bonds is 7. The molecule has 0 radical (unpaired) electrons. The Balaban J connectivity index is 1.53. The van der Waals surface area contributed by atoms with Crippen LogP contribution in [0.1, 0.15) is 29.7 Å². The summed E-state index contributed by atoms with van der Waals surface area (Å²) in [4.78, 5) is 31.6. The van der Waals surface area contributed by atoms with Crippen molar-refractivity contribution in [3.63, 3.8) is 0 Å². The molecule has 39 heavy (non-hydrogen) atoms. The van der Waals surface area contributed by atoms with E-state index in [4.69, 9.17) is 25.8 Å². The van der Waals surface area contributed by atoms with E-state index in [1.807, 2.05) is 72.8 Å². The predicted octanol–water partition coefficient (Wildman–Crippen LogP) is 4.65. The molecule has 1 unspecified atom stereocenters. The van der Waals surface area contributed by atoms with E-state index in [2.05, 4.69) is 4.99 Å². The van der Waals surface area contributed by atoms with Crippen LogP contribution >= 0.6 is 22.9 Å². The number of hydrogen-bond donors (Lipinski definition) is 0. The van der Waals surface area contributed by atoms with E-state index in [1.54, 1.807) is 24.7 Å². The summed E-state index contributed by atoms with van der Waals surface area (Å²) < 4.78 is 18.6. The van der Waals surface area contributed by atoms with E-state index < -0.39 is 12.0 Å². The highest BCUT2D eigenvalue weighted by Gasteiger charge is 2.32. The van der Waals surface area contributed by atoms with Gasteiger partial charge < -0.3 is 14.2 Å². The van der Waals surface area contributed by atoms with Crippen LogP contribution in [0, 0.1) is 0 Å². The molecule has 4 aromatic rings. The van der Waals surface area contributed by atoms with Crippen molar-refractivity contribution in [3.8, 4) is 11.5 Å². The zero-order valence-corrected chi connectivity index (χ0v) is 23.1. The standard InChI is InChI=1S/C30H25ClN2O5S/c1-18-26(29(35)37-3)27(21-7-5-4-6-8-21)33-28(34)25(39-30(33)32-18)16-20-11-14-23(24(15-20)36-2)38-17-19-9-12-22(31)13-10-19/h4-16,27H,17H2,1-3H3. The van der Waals surface area contributed by atoms with Gasteiger partial charge in [0.2, 0.25) is 0 Å². The zero-order valence-electron chi connectivity index (χ0n) is 21.5. The largest absolute Gasteiger partial charge is 0.493 e. The highest BCUT2D eigenvalue weighted by Crippen LogP contribution is 2.31. The van der Waals surface area contributed by atoms with Crippen LogP contribution in [0.5, 0.6) is 11.5 Å². The second-order valence-electron chi connectivity index (χ2n) is 8.81. The van der Waals surface area contributed by atoms with E-state index in [0.717, 1.165) is 16.7 Å². The van der Waals surface area contributed by atoms with Crippen molar-refractivity contribution in [2.75, 3.05) is 14.2 Å². The van der Waals surface area contributed by atoms with Crippen molar-refractivity contribution in [3.05, 3.63) is 125 Å². The number of nitrogens with zero attached hydrogens (tertiary/aromatic N) is 2. The summed E-state index contributed by atoms with van der Waals surface area (Å²) in [6.45, 7) is 2.11. The third-order valence-corrected chi connectivity index (χ3v) is 7.57. The number of methoxy groups -OCH3 is 2. The molecule has 0 bridgehead atoms. The van der Waals surface area contributed by atoms with Crippen LogP contribution in [0.3, 0.4) is 0 Å². The lowest BCUT2D eigenvalue weighted by Crippen LogP contribution is -2.39. The smallest absolute Gasteiger partial charge is 0.338 e. The Morgan fingerprint density at radius 1 is 1.05 bits per heavy atom. The average Bonchev–Trinajstić information content (AvgIpc) is 3.26. The van der Waals surface area contributed by atoms with Gasteiger partial charge in [-0.3, -0.25) is 9.36 Å². The minimum atomic E-state index is -0.643. The predicted molar refractivity (Wildman–Crippen MR) is 151 cm³/mol. The van der Waals surface area contributed by atoms with E-state index in [-0.39, 0.29) is 5.56 Å². The Kier molecular flexibility index (Phi) is 7.67. The van der Waals surface area contributed by atoms with Crippen molar-refractivity contribution in [2.45, 2.75) is 19.6 Å². The van der Waals surface area contributed by atoms with Gasteiger partial charge in [-0.15, -0.1) is 0 Å². The number of ether oxygens (including phenoxy) is 3. The molecule has 1 aliphatic rings. The number of benzene rings is 3. The normalized spacial score (nSPS) is 15.0. The summed E-state index contributed by atoms with van der Waals surface area (Å²) >= 11 is 7.23. The first-order valence-electron chi connectivity index (χ1n) is 12.1. The van der Waals surface area contributed by atoms with Crippen LogP contribution < -0.4 is 24.4 Å². The number of hydrogen-bond acceptors (Lipinski definition) is 7. The number of thiazole rings is 1. The molecule has 0 spiro atoms. The van der Waals surface area contributed by atoms with Gasteiger partial charge in [0, 0.05) is 5.02 Å². The second kappa shape index (κ2) is 11.3. The molecule has 2 heterocycles. The van der Waals surface area contributed by atoms with Gasteiger partial charge in [-0.05, 0) is 54.0 Å². The third-order valence-electron chi connectivity index (χ3n) is 6.34. The maximum Gasteiger partial charge on any atom is 0.338 e. The van der Waals surface area contributed by atoms with Gasteiger partial charge in [-0.1, -0.05) is 71.5 Å². The lowest BCUT2D eigenvalue weighted by atomic mass is 9.96.